The van der Waals surface area contributed by atoms with Gasteiger partial charge in [0, 0.05) is 12.7 Å². The Hall–Kier alpha value is -1.38. The van der Waals surface area contributed by atoms with E-state index in [2.05, 4.69) is 17.2 Å². The number of rotatable bonds is 7. The molecule has 1 aromatic rings. The van der Waals surface area contributed by atoms with Gasteiger partial charge in [-0.05, 0) is 18.6 Å². The van der Waals surface area contributed by atoms with Crippen LogP contribution in [0.4, 0.5) is 0 Å². The molecule has 0 aliphatic rings. The molecule has 1 amide bonds. The number of aromatic nitrogens is 1. The molecule has 0 saturated heterocycles. The second-order valence-corrected chi connectivity index (χ2v) is 3.89. The first kappa shape index (κ1) is 12.7. The average Bonchev–Trinajstić information content (AvgIpc) is 2.34. The van der Waals surface area contributed by atoms with Crippen molar-refractivity contribution in [3.05, 3.63) is 30.1 Å². The Bertz CT molecular complexity index is 298. The van der Waals surface area contributed by atoms with Crippen molar-refractivity contribution >= 4 is 5.91 Å². The SMILES string of the molecule is CCCCCCCNC(=O)c1ccccn1. The molecule has 0 bridgehead atoms. The molecule has 0 aliphatic carbocycles. The fourth-order valence-corrected chi connectivity index (χ4v) is 1.52. The van der Waals surface area contributed by atoms with Crippen LogP contribution >= 0.6 is 0 Å². The number of nitrogens with zero attached hydrogens (tertiary/aromatic N) is 1. The van der Waals surface area contributed by atoms with Gasteiger partial charge in [-0.2, -0.15) is 0 Å². The van der Waals surface area contributed by atoms with Crippen LogP contribution in [0.3, 0.4) is 0 Å². The largest absolute Gasteiger partial charge is 0.351 e. The lowest BCUT2D eigenvalue weighted by Crippen LogP contribution is -2.25. The molecule has 16 heavy (non-hydrogen) atoms. The minimum atomic E-state index is -0.0731. The first-order chi connectivity index (χ1) is 7.84. The summed E-state index contributed by atoms with van der Waals surface area (Å²) >= 11 is 0. The van der Waals surface area contributed by atoms with Gasteiger partial charge in [0.15, 0.2) is 0 Å². The van der Waals surface area contributed by atoms with Gasteiger partial charge in [0.2, 0.25) is 0 Å². The number of hydrogen-bond donors (Lipinski definition) is 1. The molecule has 0 aromatic carbocycles. The highest BCUT2D eigenvalue weighted by molar-refractivity contribution is 5.92. The van der Waals surface area contributed by atoms with Crippen molar-refractivity contribution < 1.29 is 4.79 Å². The molecular weight excluding hydrogens is 200 g/mol. The first-order valence-corrected chi connectivity index (χ1v) is 6.04. The van der Waals surface area contributed by atoms with Crippen LogP contribution in [0.15, 0.2) is 24.4 Å². The number of nitrogens with one attached hydrogen (secondary N) is 1. The molecule has 1 N–H and O–H groups in total. The Balaban J connectivity index is 2.12. The van der Waals surface area contributed by atoms with E-state index in [-0.39, 0.29) is 5.91 Å². The summed E-state index contributed by atoms with van der Waals surface area (Å²) in [5, 5.41) is 2.87. The number of carbonyl (C=O) groups excluding carboxylic acids is 1. The molecule has 0 unspecified atom stereocenters. The van der Waals surface area contributed by atoms with Gasteiger partial charge in [-0.15, -0.1) is 0 Å². The lowest BCUT2D eigenvalue weighted by Gasteiger charge is -2.04. The summed E-state index contributed by atoms with van der Waals surface area (Å²) in [7, 11) is 0. The van der Waals surface area contributed by atoms with Crippen LogP contribution in [0.25, 0.3) is 0 Å². The maximum Gasteiger partial charge on any atom is 0.269 e. The van der Waals surface area contributed by atoms with Gasteiger partial charge in [-0.1, -0.05) is 38.7 Å². The van der Waals surface area contributed by atoms with Crippen LogP contribution in [0.1, 0.15) is 49.5 Å². The third kappa shape index (κ3) is 4.91. The van der Waals surface area contributed by atoms with E-state index in [1.807, 2.05) is 12.1 Å². The highest BCUT2D eigenvalue weighted by Crippen LogP contribution is 2.01. The Kier molecular flexibility index (Phi) is 6.23. The standard InChI is InChI=1S/C13H20N2O/c1-2-3-4-5-7-11-15-13(16)12-9-6-8-10-14-12/h6,8-10H,2-5,7,11H2,1H3,(H,15,16). The number of pyridine rings is 1. The molecule has 0 atom stereocenters. The summed E-state index contributed by atoms with van der Waals surface area (Å²) in [5.41, 5.74) is 0.496. The number of carbonyl (C=O) groups is 1. The van der Waals surface area contributed by atoms with Gasteiger partial charge in [0.1, 0.15) is 5.69 Å². The monoisotopic (exact) mass is 220 g/mol. The highest BCUT2D eigenvalue weighted by atomic mass is 16.1. The van der Waals surface area contributed by atoms with Crippen molar-refractivity contribution in [1.29, 1.82) is 0 Å². The fourth-order valence-electron chi connectivity index (χ4n) is 1.52. The lowest BCUT2D eigenvalue weighted by atomic mass is 10.1. The predicted molar refractivity (Wildman–Crippen MR) is 65.3 cm³/mol. The molecule has 1 heterocycles. The predicted octanol–water partition coefficient (Wildman–Crippen LogP) is 2.78. The van der Waals surface area contributed by atoms with Crippen LogP contribution in [-0.2, 0) is 0 Å². The van der Waals surface area contributed by atoms with E-state index < -0.39 is 0 Å². The fraction of sp³-hybridized carbons (Fsp3) is 0.538. The second-order valence-electron chi connectivity index (χ2n) is 3.89. The van der Waals surface area contributed by atoms with Gasteiger partial charge in [0.05, 0.1) is 0 Å². The topological polar surface area (TPSA) is 42.0 Å². The quantitative estimate of drug-likeness (QED) is 0.718. The summed E-state index contributed by atoms with van der Waals surface area (Å²) in [4.78, 5) is 15.6. The lowest BCUT2D eigenvalue weighted by molar-refractivity contribution is 0.0948. The van der Waals surface area contributed by atoms with Crippen LogP contribution < -0.4 is 5.32 Å². The van der Waals surface area contributed by atoms with Crippen molar-refractivity contribution in [2.24, 2.45) is 0 Å². The highest BCUT2D eigenvalue weighted by Gasteiger charge is 2.03. The van der Waals surface area contributed by atoms with Crippen molar-refractivity contribution in [2.45, 2.75) is 39.0 Å². The molecule has 0 fully saturated rings. The van der Waals surface area contributed by atoms with Crippen molar-refractivity contribution in [3.63, 3.8) is 0 Å². The van der Waals surface area contributed by atoms with Crippen molar-refractivity contribution in [3.8, 4) is 0 Å². The summed E-state index contributed by atoms with van der Waals surface area (Å²) in [6.45, 7) is 2.95. The van der Waals surface area contributed by atoms with E-state index in [1.54, 1.807) is 12.3 Å². The number of hydrogen-bond acceptors (Lipinski definition) is 2. The third-order valence-electron chi connectivity index (χ3n) is 2.46. The van der Waals surface area contributed by atoms with Crippen LogP contribution in [-0.4, -0.2) is 17.4 Å². The van der Waals surface area contributed by atoms with Crippen LogP contribution in [0.2, 0.25) is 0 Å². The van der Waals surface area contributed by atoms with Gasteiger partial charge in [-0.3, -0.25) is 9.78 Å². The summed E-state index contributed by atoms with van der Waals surface area (Å²) in [6.07, 6.45) is 7.68. The summed E-state index contributed by atoms with van der Waals surface area (Å²) < 4.78 is 0. The molecular formula is C13H20N2O. The minimum Gasteiger partial charge on any atom is -0.351 e. The maximum absolute atomic E-state index is 11.6. The zero-order valence-electron chi connectivity index (χ0n) is 9.91. The molecule has 1 rings (SSSR count). The van der Waals surface area contributed by atoms with Gasteiger partial charge >= 0.3 is 0 Å². The molecule has 88 valence electrons. The Morgan fingerprint density at radius 1 is 1.25 bits per heavy atom. The van der Waals surface area contributed by atoms with E-state index in [9.17, 15) is 4.79 Å². The molecule has 0 spiro atoms. The van der Waals surface area contributed by atoms with Crippen molar-refractivity contribution in [1.82, 2.24) is 10.3 Å². The van der Waals surface area contributed by atoms with Crippen LogP contribution in [0.5, 0.6) is 0 Å². The molecule has 1 aromatic heterocycles. The van der Waals surface area contributed by atoms with Crippen molar-refractivity contribution in [2.75, 3.05) is 6.54 Å². The molecule has 0 radical (unpaired) electrons. The average molecular weight is 220 g/mol. The molecule has 0 saturated carbocycles. The van der Waals surface area contributed by atoms with Gasteiger partial charge in [0.25, 0.3) is 5.91 Å². The van der Waals surface area contributed by atoms with E-state index in [0.29, 0.717) is 5.69 Å². The summed E-state index contributed by atoms with van der Waals surface area (Å²) in [6, 6.07) is 5.36. The third-order valence-corrected chi connectivity index (χ3v) is 2.46. The zero-order valence-corrected chi connectivity index (χ0v) is 9.91. The van der Waals surface area contributed by atoms with Crippen LogP contribution in [0, 0.1) is 0 Å². The van der Waals surface area contributed by atoms with E-state index >= 15 is 0 Å². The Morgan fingerprint density at radius 2 is 2.06 bits per heavy atom. The zero-order chi connectivity index (χ0) is 11.6. The Labute approximate surface area is 97.3 Å². The smallest absolute Gasteiger partial charge is 0.269 e. The summed E-state index contributed by atoms with van der Waals surface area (Å²) in [5.74, 6) is -0.0731. The number of unbranched alkanes of at least 4 members (excludes halogenated alkanes) is 4. The maximum atomic E-state index is 11.6. The number of amides is 1. The Morgan fingerprint density at radius 3 is 2.75 bits per heavy atom. The molecule has 0 aliphatic heterocycles. The molecule has 3 heteroatoms. The minimum absolute atomic E-state index is 0.0731. The van der Waals surface area contributed by atoms with Gasteiger partial charge < -0.3 is 5.32 Å². The van der Waals surface area contributed by atoms with E-state index in [4.69, 9.17) is 0 Å². The van der Waals surface area contributed by atoms with E-state index in [1.165, 1.54) is 25.7 Å². The normalized spacial score (nSPS) is 10.1. The van der Waals surface area contributed by atoms with Gasteiger partial charge in [-0.25, -0.2) is 0 Å². The second kappa shape index (κ2) is 7.85. The van der Waals surface area contributed by atoms with E-state index in [0.717, 1.165) is 13.0 Å². The first-order valence-electron chi connectivity index (χ1n) is 6.04. The molecule has 3 nitrogen and oxygen atoms in total.